The van der Waals surface area contributed by atoms with Crippen LogP contribution in [0.3, 0.4) is 0 Å². The summed E-state index contributed by atoms with van der Waals surface area (Å²) in [6, 6.07) is 5.24. The quantitative estimate of drug-likeness (QED) is 0.652. The maximum Gasteiger partial charge on any atom is 0.227 e. The van der Waals surface area contributed by atoms with Gasteiger partial charge in [-0.05, 0) is 24.1 Å². The van der Waals surface area contributed by atoms with Gasteiger partial charge < -0.3 is 14.4 Å². The van der Waals surface area contributed by atoms with E-state index in [0.717, 1.165) is 6.42 Å². The Morgan fingerprint density at radius 3 is 2.29 bits per heavy atom. The minimum Gasteiger partial charge on any atom is -0.385 e. The molecular formula is C15H21Cl2NO3. The molecule has 0 saturated carbocycles. The maximum absolute atomic E-state index is 12.4. The van der Waals surface area contributed by atoms with E-state index in [9.17, 15) is 4.79 Å². The fraction of sp³-hybridized carbons (Fsp3) is 0.533. The average Bonchev–Trinajstić information content (AvgIpc) is 2.46. The van der Waals surface area contributed by atoms with Gasteiger partial charge in [0.25, 0.3) is 0 Å². The van der Waals surface area contributed by atoms with Crippen molar-refractivity contribution >= 4 is 29.1 Å². The number of rotatable bonds is 9. The van der Waals surface area contributed by atoms with Gasteiger partial charge in [0.2, 0.25) is 5.91 Å². The second-order valence-corrected chi connectivity index (χ2v) is 5.41. The van der Waals surface area contributed by atoms with Crippen molar-refractivity contribution < 1.29 is 14.3 Å². The number of halogens is 2. The summed E-state index contributed by atoms with van der Waals surface area (Å²) in [4.78, 5) is 14.2. The van der Waals surface area contributed by atoms with Crippen molar-refractivity contribution in [2.45, 2.75) is 12.8 Å². The Morgan fingerprint density at radius 1 is 1.10 bits per heavy atom. The molecule has 1 rings (SSSR count). The van der Waals surface area contributed by atoms with Crippen molar-refractivity contribution in [2.75, 3.05) is 40.5 Å². The lowest BCUT2D eigenvalue weighted by Gasteiger charge is -2.23. The van der Waals surface area contributed by atoms with Gasteiger partial charge in [0.1, 0.15) is 0 Å². The van der Waals surface area contributed by atoms with Crippen LogP contribution in [0.25, 0.3) is 0 Å². The van der Waals surface area contributed by atoms with Gasteiger partial charge in [0.15, 0.2) is 0 Å². The molecule has 0 bridgehead atoms. The summed E-state index contributed by atoms with van der Waals surface area (Å²) in [5, 5.41) is 1.03. The Balaban J connectivity index is 2.70. The Labute approximate surface area is 135 Å². The lowest BCUT2D eigenvalue weighted by Crippen LogP contribution is -2.36. The number of carbonyl (C=O) groups excluding carboxylic acids is 1. The molecule has 0 atom stereocenters. The molecule has 1 aromatic rings. The molecule has 0 fully saturated rings. The van der Waals surface area contributed by atoms with Crippen LogP contribution in [0.4, 0.5) is 0 Å². The van der Waals surface area contributed by atoms with Gasteiger partial charge in [-0.1, -0.05) is 29.3 Å². The summed E-state index contributed by atoms with van der Waals surface area (Å²) < 4.78 is 10.1. The number of amides is 1. The highest BCUT2D eigenvalue weighted by Gasteiger charge is 2.17. The molecule has 0 saturated heterocycles. The van der Waals surface area contributed by atoms with E-state index < -0.39 is 0 Å². The van der Waals surface area contributed by atoms with E-state index in [1.807, 2.05) is 0 Å². The average molecular weight is 334 g/mol. The zero-order valence-corrected chi connectivity index (χ0v) is 13.9. The zero-order valence-electron chi connectivity index (χ0n) is 12.4. The Hall–Kier alpha value is -0.810. The first-order valence-corrected chi connectivity index (χ1v) is 7.54. The van der Waals surface area contributed by atoms with E-state index in [1.165, 1.54) is 0 Å². The predicted octanol–water partition coefficient (Wildman–Crippen LogP) is 3.05. The SMILES string of the molecule is COCCCN(CCOC)C(=O)Cc1c(Cl)cccc1Cl. The molecule has 4 nitrogen and oxygen atoms in total. The van der Waals surface area contributed by atoms with Gasteiger partial charge in [-0.3, -0.25) is 4.79 Å². The molecule has 0 unspecified atom stereocenters. The summed E-state index contributed by atoms with van der Waals surface area (Å²) in [5.41, 5.74) is 0.667. The van der Waals surface area contributed by atoms with Gasteiger partial charge >= 0.3 is 0 Å². The van der Waals surface area contributed by atoms with E-state index in [1.54, 1.807) is 37.3 Å². The van der Waals surface area contributed by atoms with Crippen LogP contribution in [0, 0.1) is 0 Å². The predicted molar refractivity (Wildman–Crippen MR) is 85.1 cm³/mol. The molecule has 0 spiro atoms. The van der Waals surface area contributed by atoms with Crippen LogP contribution < -0.4 is 0 Å². The highest BCUT2D eigenvalue weighted by atomic mass is 35.5. The number of ether oxygens (including phenoxy) is 2. The molecule has 1 amide bonds. The van der Waals surface area contributed by atoms with Gasteiger partial charge in [-0.25, -0.2) is 0 Å². The summed E-state index contributed by atoms with van der Waals surface area (Å²) >= 11 is 12.2. The first-order valence-electron chi connectivity index (χ1n) is 6.78. The van der Waals surface area contributed by atoms with Crippen molar-refractivity contribution in [3.05, 3.63) is 33.8 Å². The van der Waals surface area contributed by atoms with Gasteiger partial charge in [-0.15, -0.1) is 0 Å². The molecule has 118 valence electrons. The Morgan fingerprint density at radius 2 is 1.71 bits per heavy atom. The number of hydrogen-bond donors (Lipinski definition) is 0. The second-order valence-electron chi connectivity index (χ2n) is 4.60. The van der Waals surface area contributed by atoms with Crippen molar-refractivity contribution in [1.82, 2.24) is 4.90 Å². The van der Waals surface area contributed by atoms with Crippen molar-refractivity contribution in [3.63, 3.8) is 0 Å². The fourth-order valence-corrected chi connectivity index (χ4v) is 2.46. The number of benzene rings is 1. The van der Waals surface area contributed by atoms with E-state index in [-0.39, 0.29) is 12.3 Å². The van der Waals surface area contributed by atoms with Crippen LogP contribution in [0.1, 0.15) is 12.0 Å². The first kappa shape index (κ1) is 18.2. The van der Waals surface area contributed by atoms with Gasteiger partial charge in [-0.2, -0.15) is 0 Å². The third kappa shape index (κ3) is 6.22. The number of methoxy groups -OCH3 is 2. The van der Waals surface area contributed by atoms with Crippen LogP contribution in [-0.4, -0.2) is 51.3 Å². The topological polar surface area (TPSA) is 38.8 Å². The first-order chi connectivity index (χ1) is 10.1. The van der Waals surface area contributed by atoms with E-state index >= 15 is 0 Å². The third-order valence-corrected chi connectivity index (χ3v) is 3.79. The van der Waals surface area contributed by atoms with Crippen LogP contribution in [0.15, 0.2) is 18.2 Å². The smallest absolute Gasteiger partial charge is 0.227 e. The van der Waals surface area contributed by atoms with E-state index in [2.05, 4.69) is 0 Å². The van der Waals surface area contributed by atoms with Crippen molar-refractivity contribution in [3.8, 4) is 0 Å². The molecular weight excluding hydrogens is 313 g/mol. The molecule has 0 heterocycles. The van der Waals surface area contributed by atoms with Crippen LogP contribution in [0.2, 0.25) is 10.0 Å². The van der Waals surface area contributed by atoms with Crippen molar-refractivity contribution in [1.29, 1.82) is 0 Å². The molecule has 0 radical (unpaired) electrons. The summed E-state index contributed by atoms with van der Waals surface area (Å²) in [6.07, 6.45) is 0.970. The van der Waals surface area contributed by atoms with Crippen LogP contribution in [0.5, 0.6) is 0 Å². The standard InChI is InChI=1S/C15H21Cl2NO3/c1-20-9-4-7-18(8-10-21-2)15(19)11-12-13(16)5-3-6-14(12)17/h3,5-6H,4,7-11H2,1-2H3. The molecule has 21 heavy (non-hydrogen) atoms. The summed E-state index contributed by atoms with van der Waals surface area (Å²) in [5.74, 6) is -0.0156. The maximum atomic E-state index is 12.4. The van der Waals surface area contributed by atoms with E-state index in [4.69, 9.17) is 32.7 Å². The molecule has 6 heteroatoms. The monoisotopic (exact) mass is 333 g/mol. The highest BCUT2D eigenvalue weighted by molar-refractivity contribution is 6.36. The Bertz CT molecular complexity index is 434. The molecule has 0 aliphatic heterocycles. The fourth-order valence-electron chi connectivity index (χ4n) is 1.93. The number of carbonyl (C=O) groups is 1. The highest BCUT2D eigenvalue weighted by Crippen LogP contribution is 2.25. The van der Waals surface area contributed by atoms with Crippen LogP contribution >= 0.6 is 23.2 Å². The number of nitrogens with zero attached hydrogens (tertiary/aromatic N) is 1. The molecule has 0 aliphatic carbocycles. The lowest BCUT2D eigenvalue weighted by molar-refractivity contribution is -0.131. The van der Waals surface area contributed by atoms with E-state index in [0.29, 0.717) is 41.9 Å². The molecule has 0 N–H and O–H groups in total. The summed E-state index contributed by atoms with van der Waals surface area (Å²) in [6.45, 7) is 2.28. The third-order valence-electron chi connectivity index (χ3n) is 3.08. The van der Waals surface area contributed by atoms with Gasteiger partial charge in [0.05, 0.1) is 13.0 Å². The molecule has 0 aliphatic rings. The minimum absolute atomic E-state index is 0.0156. The number of hydrogen-bond acceptors (Lipinski definition) is 3. The Kier molecular flexibility index (Phi) is 8.69. The molecule has 0 aromatic heterocycles. The zero-order chi connectivity index (χ0) is 15.7. The summed E-state index contributed by atoms with van der Waals surface area (Å²) in [7, 11) is 3.26. The minimum atomic E-state index is -0.0156. The van der Waals surface area contributed by atoms with Crippen molar-refractivity contribution in [2.24, 2.45) is 0 Å². The lowest BCUT2D eigenvalue weighted by atomic mass is 10.1. The van der Waals surface area contributed by atoms with Gasteiger partial charge in [0, 0.05) is 44.0 Å². The normalized spacial score (nSPS) is 10.7. The largest absolute Gasteiger partial charge is 0.385 e. The molecule has 1 aromatic carbocycles. The second kappa shape index (κ2) is 10.0. The van der Waals surface area contributed by atoms with Crippen LogP contribution in [-0.2, 0) is 20.7 Å².